The first-order valence-corrected chi connectivity index (χ1v) is 7.32. The van der Waals surface area contributed by atoms with Crippen molar-refractivity contribution < 1.29 is 4.52 Å². The van der Waals surface area contributed by atoms with E-state index in [0.29, 0.717) is 18.6 Å². The van der Waals surface area contributed by atoms with Gasteiger partial charge in [-0.05, 0) is 19.9 Å². The van der Waals surface area contributed by atoms with Crippen molar-refractivity contribution in [3.8, 4) is 0 Å². The fraction of sp³-hybridized carbons (Fsp3) is 0.818. The van der Waals surface area contributed by atoms with Crippen LogP contribution in [0.1, 0.15) is 30.6 Å². The van der Waals surface area contributed by atoms with Gasteiger partial charge in [-0.3, -0.25) is 4.90 Å². The van der Waals surface area contributed by atoms with Crippen molar-refractivity contribution in [2.24, 2.45) is 0 Å². The zero-order valence-corrected chi connectivity index (χ0v) is 10.9. The van der Waals surface area contributed by atoms with Crippen LogP contribution in [-0.4, -0.2) is 46.2 Å². The lowest BCUT2D eigenvalue weighted by Crippen LogP contribution is -2.33. The molecule has 5 nitrogen and oxygen atoms in total. The topological polar surface area (TPSA) is 54.2 Å². The Morgan fingerprint density at radius 1 is 1.53 bits per heavy atom. The number of rotatable bonds is 4. The standard InChI is InChI=1S/C11H18N4OS/c1-15-4-5-17-7-9(15)11-13-10(16-14-11)6-12-8-2-3-8/h8-9,12H,2-7H2,1H3. The first-order valence-electron chi connectivity index (χ1n) is 6.17. The minimum atomic E-state index is 0.312. The summed E-state index contributed by atoms with van der Waals surface area (Å²) in [4.78, 5) is 6.79. The van der Waals surface area contributed by atoms with Crippen LogP contribution in [0, 0.1) is 0 Å². The highest BCUT2D eigenvalue weighted by molar-refractivity contribution is 7.99. The Morgan fingerprint density at radius 3 is 3.18 bits per heavy atom. The molecule has 1 aromatic heterocycles. The molecule has 0 bridgehead atoms. The summed E-state index contributed by atoms with van der Waals surface area (Å²) in [5.74, 6) is 3.81. The molecule has 2 aliphatic rings. The molecule has 1 saturated carbocycles. The van der Waals surface area contributed by atoms with E-state index in [0.717, 1.165) is 24.0 Å². The van der Waals surface area contributed by atoms with Gasteiger partial charge in [-0.15, -0.1) is 0 Å². The number of nitrogens with one attached hydrogen (secondary N) is 1. The lowest BCUT2D eigenvalue weighted by molar-refractivity contribution is 0.256. The van der Waals surface area contributed by atoms with E-state index in [9.17, 15) is 0 Å². The SMILES string of the molecule is CN1CCSCC1c1noc(CNC2CC2)n1. The third-order valence-corrected chi connectivity index (χ3v) is 4.32. The quantitative estimate of drug-likeness (QED) is 0.866. The molecule has 0 radical (unpaired) electrons. The Labute approximate surface area is 105 Å². The van der Waals surface area contributed by atoms with Crippen molar-refractivity contribution in [3.63, 3.8) is 0 Å². The summed E-state index contributed by atoms with van der Waals surface area (Å²) in [5.41, 5.74) is 0. The van der Waals surface area contributed by atoms with Gasteiger partial charge in [0.25, 0.3) is 0 Å². The summed E-state index contributed by atoms with van der Waals surface area (Å²) < 4.78 is 5.28. The predicted octanol–water partition coefficient (Wildman–Crippen LogP) is 1.04. The molecular formula is C11H18N4OS. The maximum Gasteiger partial charge on any atom is 0.240 e. The van der Waals surface area contributed by atoms with Gasteiger partial charge in [0.15, 0.2) is 5.82 Å². The molecule has 3 rings (SSSR count). The first kappa shape index (κ1) is 11.5. The van der Waals surface area contributed by atoms with Crippen molar-refractivity contribution in [2.45, 2.75) is 31.5 Å². The van der Waals surface area contributed by atoms with Crippen molar-refractivity contribution in [2.75, 3.05) is 25.1 Å². The van der Waals surface area contributed by atoms with Crippen molar-refractivity contribution in [1.29, 1.82) is 0 Å². The second kappa shape index (κ2) is 4.96. The van der Waals surface area contributed by atoms with E-state index in [2.05, 4.69) is 27.4 Å². The van der Waals surface area contributed by atoms with E-state index in [1.807, 2.05) is 11.8 Å². The maximum atomic E-state index is 5.28. The molecule has 2 fully saturated rings. The highest BCUT2D eigenvalue weighted by Crippen LogP contribution is 2.26. The van der Waals surface area contributed by atoms with Crippen LogP contribution < -0.4 is 5.32 Å². The lowest BCUT2D eigenvalue weighted by Gasteiger charge is -2.29. The number of aromatic nitrogens is 2. The summed E-state index contributed by atoms with van der Waals surface area (Å²) in [6.45, 7) is 1.81. The van der Waals surface area contributed by atoms with Crippen LogP contribution >= 0.6 is 11.8 Å². The van der Waals surface area contributed by atoms with Gasteiger partial charge >= 0.3 is 0 Å². The molecule has 6 heteroatoms. The number of hydrogen-bond acceptors (Lipinski definition) is 6. The molecule has 1 aromatic rings. The van der Waals surface area contributed by atoms with Crippen LogP contribution in [0.15, 0.2) is 4.52 Å². The highest BCUT2D eigenvalue weighted by atomic mass is 32.2. The zero-order chi connectivity index (χ0) is 11.7. The molecular weight excluding hydrogens is 236 g/mol. The number of hydrogen-bond donors (Lipinski definition) is 1. The lowest BCUT2D eigenvalue weighted by atomic mass is 10.3. The average Bonchev–Trinajstić information content (AvgIpc) is 3.06. The number of nitrogens with zero attached hydrogens (tertiary/aromatic N) is 3. The summed E-state index contributed by atoms with van der Waals surface area (Å²) in [6, 6.07) is 0.991. The van der Waals surface area contributed by atoms with E-state index in [-0.39, 0.29) is 0 Å². The van der Waals surface area contributed by atoms with Crippen LogP contribution in [0.4, 0.5) is 0 Å². The summed E-state index contributed by atoms with van der Waals surface area (Å²) in [5, 5.41) is 7.49. The second-order valence-electron chi connectivity index (χ2n) is 4.77. The minimum Gasteiger partial charge on any atom is -0.338 e. The molecule has 0 amide bonds. The average molecular weight is 254 g/mol. The number of thioether (sulfide) groups is 1. The summed E-state index contributed by atoms with van der Waals surface area (Å²) in [6.07, 6.45) is 2.56. The Hall–Kier alpha value is -0.590. The molecule has 0 aromatic carbocycles. The van der Waals surface area contributed by atoms with Gasteiger partial charge in [0.2, 0.25) is 5.89 Å². The third kappa shape index (κ3) is 2.81. The predicted molar refractivity (Wildman–Crippen MR) is 66.9 cm³/mol. The Bertz CT molecular complexity index is 379. The fourth-order valence-corrected chi connectivity index (χ4v) is 3.16. The van der Waals surface area contributed by atoms with Gasteiger partial charge in [-0.2, -0.15) is 16.7 Å². The second-order valence-corrected chi connectivity index (χ2v) is 5.92. The Kier molecular flexibility index (Phi) is 3.35. The molecule has 1 N–H and O–H groups in total. The minimum absolute atomic E-state index is 0.312. The summed E-state index contributed by atoms with van der Waals surface area (Å²) in [7, 11) is 2.13. The Morgan fingerprint density at radius 2 is 2.41 bits per heavy atom. The normalized spacial score (nSPS) is 26.3. The molecule has 1 unspecified atom stereocenters. The molecule has 94 valence electrons. The fourth-order valence-electron chi connectivity index (χ4n) is 1.95. The molecule has 1 aliphatic carbocycles. The van der Waals surface area contributed by atoms with Crippen LogP contribution in [0.3, 0.4) is 0 Å². The zero-order valence-electron chi connectivity index (χ0n) is 10.1. The molecule has 2 heterocycles. The van der Waals surface area contributed by atoms with Crippen molar-refractivity contribution >= 4 is 11.8 Å². The third-order valence-electron chi connectivity index (χ3n) is 3.30. The monoisotopic (exact) mass is 254 g/mol. The molecule has 17 heavy (non-hydrogen) atoms. The molecule has 1 atom stereocenters. The van der Waals surface area contributed by atoms with Crippen LogP contribution in [0.5, 0.6) is 0 Å². The molecule has 0 spiro atoms. The van der Waals surface area contributed by atoms with E-state index >= 15 is 0 Å². The smallest absolute Gasteiger partial charge is 0.240 e. The Balaban J connectivity index is 1.61. The van der Waals surface area contributed by atoms with E-state index in [4.69, 9.17) is 4.52 Å². The largest absolute Gasteiger partial charge is 0.338 e. The van der Waals surface area contributed by atoms with Crippen molar-refractivity contribution in [3.05, 3.63) is 11.7 Å². The summed E-state index contributed by atoms with van der Waals surface area (Å²) >= 11 is 1.96. The molecule has 1 aliphatic heterocycles. The molecule has 1 saturated heterocycles. The highest BCUT2D eigenvalue weighted by Gasteiger charge is 2.26. The van der Waals surface area contributed by atoms with Crippen LogP contribution in [0.2, 0.25) is 0 Å². The van der Waals surface area contributed by atoms with Gasteiger partial charge in [-0.25, -0.2) is 0 Å². The van der Waals surface area contributed by atoms with Crippen LogP contribution in [-0.2, 0) is 6.54 Å². The van der Waals surface area contributed by atoms with Gasteiger partial charge in [0.05, 0.1) is 12.6 Å². The van der Waals surface area contributed by atoms with E-state index in [1.54, 1.807) is 0 Å². The first-order chi connectivity index (χ1) is 8.33. The van der Waals surface area contributed by atoms with Gasteiger partial charge in [-0.1, -0.05) is 5.16 Å². The van der Waals surface area contributed by atoms with Gasteiger partial charge < -0.3 is 9.84 Å². The van der Waals surface area contributed by atoms with E-state index < -0.39 is 0 Å². The maximum absolute atomic E-state index is 5.28. The van der Waals surface area contributed by atoms with Gasteiger partial charge in [0.1, 0.15) is 0 Å². The van der Waals surface area contributed by atoms with E-state index in [1.165, 1.54) is 18.6 Å². The van der Waals surface area contributed by atoms with Gasteiger partial charge in [0, 0.05) is 24.1 Å². The van der Waals surface area contributed by atoms with Crippen LogP contribution in [0.25, 0.3) is 0 Å². The van der Waals surface area contributed by atoms with Crippen molar-refractivity contribution in [1.82, 2.24) is 20.4 Å².